The Labute approximate surface area is 172 Å². The number of carbonyl (C=O) groups excluding carboxylic acids is 2. The second-order valence-corrected chi connectivity index (χ2v) is 7.72. The van der Waals surface area contributed by atoms with E-state index in [1.54, 1.807) is 15.6 Å². The first-order chi connectivity index (χ1) is 14.1. The van der Waals surface area contributed by atoms with Gasteiger partial charge < -0.3 is 10.2 Å². The number of hydrogen-bond donors (Lipinski definition) is 1. The van der Waals surface area contributed by atoms with E-state index in [9.17, 15) is 9.59 Å². The van der Waals surface area contributed by atoms with E-state index in [0.717, 1.165) is 5.56 Å². The minimum Gasteiger partial charge on any atom is -0.324 e. The third-order valence-corrected chi connectivity index (χ3v) is 5.57. The summed E-state index contributed by atoms with van der Waals surface area (Å²) in [7, 11) is 0. The molecule has 2 aromatic carbocycles. The van der Waals surface area contributed by atoms with Gasteiger partial charge in [0, 0.05) is 12.5 Å². The molecule has 0 saturated carbocycles. The van der Waals surface area contributed by atoms with Crippen LogP contribution >= 0.6 is 11.8 Å². The number of tetrazole rings is 1. The lowest BCUT2D eigenvalue weighted by Crippen LogP contribution is -2.40. The molecule has 8 nitrogen and oxygen atoms in total. The number of fused-ring (bicyclic) bond motifs is 1. The third-order valence-electron chi connectivity index (χ3n) is 4.63. The van der Waals surface area contributed by atoms with Crippen LogP contribution in [0.2, 0.25) is 0 Å². The van der Waals surface area contributed by atoms with Gasteiger partial charge in [0.05, 0.1) is 23.7 Å². The summed E-state index contributed by atoms with van der Waals surface area (Å²) in [4.78, 5) is 26.9. The molecule has 0 spiro atoms. The summed E-state index contributed by atoms with van der Waals surface area (Å²) in [5, 5.41) is 15.3. The van der Waals surface area contributed by atoms with Crippen molar-refractivity contribution >= 4 is 35.0 Å². The first kappa shape index (κ1) is 19.1. The van der Waals surface area contributed by atoms with Gasteiger partial charge in [-0.2, -0.15) is 0 Å². The van der Waals surface area contributed by atoms with Gasteiger partial charge in [0.2, 0.25) is 17.0 Å². The van der Waals surface area contributed by atoms with Gasteiger partial charge in [-0.25, -0.2) is 4.68 Å². The smallest absolute Gasteiger partial charge is 0.237 e. The number of aromatic nitrogens is 4. The Morgan fingerprint density at radius 3 is 2.76 bits per heavy atom. The second kappa shape index (κ2) is 8.44. The summed E-state index contributed by atoms with van der Waals surface area (Å²) >= 11 is 1.29. The Morgan fingerprint density at radius 2 is 1.93 bits per heavy atom. The Morgan fingerprint density at radius 1 is 1.17 bits per heavy atom. The van der Waals surface area contributed by atoms with Crippen molar-refractivity contribution in [3.05, 3.63) is 60.2 Å². The normalized spacial score (nSPS) is 16.1. The number of hydrogen-bond acceptors (Lipinski definition) is 6. The number of amides is 2. The highest BCUT2D eigenvalue weighted by Gasteiger charge is 2.29. The number of nitrogens with one attached hydrogen (secondary N) is 1. The molecule has 148 valence electrons. The molecule has 3 aromatic rings. The molecule has 1 N–H and O–H groups in total. The lowest BCUT2D eigenvalue weighted by atomic mass is 10.2. The zero-order valence-electron chi connectivity index (χ0n) is 15.9. The highest BCUT2D eigenvalue weighted by Crippen LogP contribution is 2.32. The average molecular weight is 408 g/mol. The zero-order valence-corrected chi connectivity index (χ0v) is 16.7. The van der Waals surface area contributed by atoms with Crippen molar-refractivity contribution in [1.82, 2.24) is 20.2 Å². The number of thioether (sulfide) groups is 1. The molecule has 0 radical (unpaired) electrons. The van der Waals surface area contributed by atoms with Crippen LogP contribution in [0.3, 0.4) is 0 Å². The van der Waals surface area contributed by atoms with Gasteiger partial charge >= 0.3 is 0 Å². The van der Waals surface area contributed by atoms with E-state index in [4.69, 9.17) is 0 Å². The van der Waals surface area contributed by atoms with E-state index in [1.165, 1.54) is 11.8 Å². The first-order valence-corrected chi connectivity index (χ1v) is 10.2. The van der Waals surface area contributed by atoms with Crippen LogP contribution in [0, 0.1) is 0 Å². The highest BCUT2D eigenvalue weighted by molar-refractivity contribution is 7.99. The molecule has 0 saturated heterocycles. The number of nitrogens with zero attached hydrogens (tertiary/aromatic N) is 5. The lowest BCUT2D eigenvalue weighted by Gasteiger charge is -2.27. The van der Waals surface area contributed by atoms with Gasteiger partial charge in [-0.15, -0.1) is 5.10 Å². The quantitative estimate of drug-likeness (QED) is 0.653. The van der Waals surface area contributed by atoms with Crippen molar-refractivity contribution in [3.63, 3.8) is 0 Å². The topological polar surface area (TPSA) is 93.0 Å². The van der Waals surface area contributed by atoms with E-state index in [0.29, 0.717) is 23.1 Å². The summed E-state index contributed by atoms with van der Waals surface area (Å²) in [6, 6.07) is 17.0. The predicted octanol–water partition coefficient (Wildman–Crippen LogP) is 2.58. The van der Waals surface area contributed by atoms with Crippen LogP contribution in [-0.4, -0.2) is 43.8 Å². The van der Waals surface area contributed by atoms with Crippen LogP contribution < -0.4 is 10.2 Å². The molecular formula is C20H20N6O2S. The average Bonchev–Trinajstić information content (AvgIpc) is 3.10. The van der Waals surface area contributed by atoms with Gasteiger partial charge in [0.25, 0.3) is 0 Å². The van der Waals surface area contributed by atoms with E-state index >= 15 is 0 Å². The van der Waals surface area contributed by atoms with E-state index in [2.05, 4.69) is 20.8 Å². The minimum atomic E-state index is -0.243. The van der Waals surface area contributed by atoms with Gasteiger partial charge in [0.1, 0.15) is 0 Å². The minimum absolute atomic E-state index is 0.0966. The number of anilines is 2. The molecule has 1 aliphatic heterocycles. The maximum Gasteiger partial charge on any atom is 0.237 e. The summed E-state index contributed by atoms with van der Waals surface area (Å²) in [6.45, 7) is 2.41. The number of para-hydroxylation sites is 2. The molecule has 4 rings (SSSR count). The number of benzene rings is 2. The summed E-state index contributed by atoms with van der Waals surface area (Å²) in [5.41, 5.74) is 2.43. The van der Waals surface area contributed by atoms with Crippen molar-refractivity contribution in [2.75, 3.05) is 16.0 Å². The number of carbonyl (C=O) groups is 2. The molecule has 1 atom stereocenters. The van der Waals surface area contributed by atoms with Gasteiger partial charge in [0.15, 0.2) is 0 Å². The molecule has 0 aliphatic carbocycles. The Bertz CT molecular complexity index is 1020. The fraction of sp³-hybridized carbons (Fsp3) is 0.250. The molecular weight excluding hydrogens is 388 g/mol. The monoisotopic (exact) mass is 408 g/mol. The second-order valence-electron chi connectivity index (χ2n) is 6.78. The zero-order chi connectivity index (χ0) is 20.2. The Kier molecular flexibility index (Phi) is 5.57. The van der Waals surface area contributed by atoms with E-state index in [-0.39, 0.29) is 30.0 Å². The molecule has 9 heteroatoms. The summed E-state index contributed by atoms with van der Waals surface area (Å²) in [5.74, 6) is -0.0254. The van der Waals surface area contributed by atoms with Crippen molar-refractivity contribution in [3.8, 4) is 0 Å². The van der Waals surface area contributed by atoms with Crippen LogP contribution in [0.1, 0.15) is 18.9 Å². The van der Waals surface area contributed by atoms with Crippen LogP contribution in [0.25, 0.3) is 0 Å². The molecule has 0 fully saturated rings. The van der Waals surface area contributed by atoms with Crippen molar-refractivity contribution in [1.29, 1.82) is 0 Å². The molecule has 29 heavy (non-hydrogen) atoms. The van der Waals surface area contributed by atoms with Crippen molar-refractivity contribution < 1.29 is 9.59 Å². The van der Waals surface area contributed by atoms with Gasteiger partial charge in [-0.1, -0.05) is 54.2 Å². The van der Waals surface area contributed by atoms with Crippen LogP contribution in [0.15, 0.2) is 59.8 Å². The fourth-order valence-corrected chi connectivity index (χ4v) is 4.06. The first-order valence-electron chi connectivity index (χ1n) is 9.25. The third kappa shape index (κ3) is 4.29. The van der Waals surface area contributed by atoms with E-state index in [1.807, 2.05) is 55.5 Å². The molecule has 0 bridgehead atoms. The molecule has 2 heterocycles. The maximum absolute atomic E-state index is 13.1. The van der Waals surface area contributed by atoms with E-state index < -0.39 is 0 Å². The van der Waals surface area contributed by atoms with Crippen LogP contribution in [-0.2, 0) is 16.1 Å². The Hall–Kier alpha value is -3.20. The Balaban J connectivity index is 1.49. The van der Waals surface area contributed by atoms with Crippen molar-refractivity contribution in [2.24, 2.45) is 0 Å². The molecule has 1 aromatic heterocycles. The lowest BCUT2D eigenvalue weighted by molar-refractivity contribution is -0.117. The summed E-state index contributed by atoms with van der Waals surface area (Å²) < 4.78 is 1.68. The van der Waals surface area contributed by atoms with Crippen LogP contribution in [0.5, 0.6) is 0 Å². The van der Waals surface area contributed by atoms with Gasteiger partial charge in [-0.05, 0) is 35.0 Å². The van der Waals surface area contributed by atoms with Crippen molar-refractivity contribution in [2.45, 2.75) is 31.1 Å². The standard InChI is InChI=1S/C20H20N6O2S/c1-14-11-18(27)21-16-9-5-6-10-17(16)26(14)19(28)13-29-20-22-23-24-25(20)12-15-7-3-2-4-8-15/h2-10,14H,11-13H2,1H3,(H,21,27). The SMILES string of the molecule is CC1CC(=O)Nc2ccccc2N1C(=O)CSc1nnnn1Cc1ccccc1. The van der Waals surface area contributed by atoms with Crippen LogP contribution in [0.4, 0.5) is 11.4 Å². The fourth-order valence-electron chi connectivity index (χ4n) is 3.32. The molecule has 1 unspecified atom stereocenters. The molecule has 2 amide bonds. The maximum atomic E-state index is 13.1. The highest BCUT2D eigenvalue weighted by atomic mass is 32.2. The van der Waals surface area contributed by atoms with Gasteiger partial charge in [-0.3, -0.25) is 9.59 Å². The molecule has 1 aliphatic rings. The predicted molar refractivity (Wildman–Crippen MR) is 111 cm³/mol. The summed E-state index contributed by atoms with van der Waals surface area (Å²) in [6.07, 6.45) is 0.247. The largest absolute Gasteiger partial charge is 0.324 e. The number of rotatable bonds is 5.